The van der Waals surface area contributed by atoms with Gasteiger partial charge in [0.05, 0.1) is 18.8 Å². The number of rotatable bonds is 0. The molecule has 2 fully saturated rings. The van der Waals surface area contributed by atoms with E-state index in [4.69, 9.17) is 9.47 Å². The van der Waals surface area contributed by atoms with Crippen LogP contribution in [0.25, 0.3) is 0 Å². The molecule has 0 aliphatic carbocycles. The van der Waals surface area contributed by atoms with Crippen molar-refractivity contribution in [3.8, 4) is 0 Å². The summed E-state index contributed by atoms with van der Waals surface area (Å²) in [5.41, 5.74) is -0.231. The first kappa shape index (κ1) is 9.44. The third-order valence-electron chi connectivity index (χ3n) is 2.85. The van der Waals surface area contributed by atoms with Crippen LogP contribution in [0.5, 0.6) is 0 Å². The highest BCUT2D eigenvalue weighted by molar-refractivity contribution is 4.95. The van der Waals surface area contributed by atoms with Crippen LogP contribution >= 0.6 is 0 Å². The van der Waals surface area contributed by atoms with E-state index in [1.165, 1.54) is 0 Å². The maximum Gasteiger partial charge on any atom is 0.145 e. The zero-order chi connectivity index (χ0) is 9.53. The highest BCUT2D eigenvalue weighted by Gasteiger charge is 2.47. The van der Waals surface area contributed by atoms with Gasteiger partial charge in [-0.05, 0) is 27.2 Å². The van der Waals surface area contributed by atoms with Crippen LogP contribution in [0.15, 0.2) is 0 Å². The lowest BCUT2D eigenvalue weighted by Gasteiger charge is -2.37. The third-order valence-corrected chi connectivity index (χ3v) is 2.85. The first-order chi connectivity index (χ1) is 6.02. The fourth-order valence-corrected chi connectivity index (χ4v) is 2.28. The Kier molecular flexibility index (Phi) is 2.13. The van der Waals surface area contributed by atoms with Crippen molar-refractivity contribution < 1.29 is 9.47 Å². The maximum atomic E-state index is 5.80. The van der Waals surface area contributed by atoms with Gasteiger partial charge in [-0.2, -0.15) is 0 Å². The topological polar surface area (TPSA) is 30.5 Å². The van der Waals surface area contributed by atoms with Gasteiger partial charge in [0.2, 0.25) is 0 Å². The van der Waals surface area contributed by atoms with Gasteiger partial charge in [-0.25, -0.2) is 0 Å². The molecule has 76 valence electrons. The molecule has 0 aromatic carbocycles. The zero-order valence-electron chi connectivity index (χ0n) is 8.72. The smallest absolute Gasteiger partial charge is 0.145 e. The van der Waals surface area contributed by atoms with Crippen molar-refractivity contribution in [1.82, 2.24) is 5.32 Å². The molecule has 0 radical (unpaired) electrons. The molecule has 2 rings (SSSR count). The summed E-state index contributed by atoms with van der Waals surface area (Å²) in [6, 6.07) is 0.547. The van der Waals surface area contributed by atoms with E-state index in [-0.39, 0.29) is 11.3 Å². The molecule has 0 bridgehead atoms. The summed E-state index contributed by atoms with van der Waals surface area (Å²) < 4.78 is 11.5. The minimum Gasteiger partial charge on any atom is -0.371 e. The lowest BCUT2D eigenvalue weighted by molar-refractivity contribution is -0.108. The lowest BCUT2D eigenvalue weighted by Crippen LogP contribution is -2.56. The van der Waals surface area contributed by atoms with Crippen LogP contribution in [-0.2, 0) is 9.47 Å². The van der Waals surface area contributed by atoms with Crippen molar-refractivity contribution >= 4 is 0 Å². The largest absolute Gasteiger partial charge is 0.371 e. The van der Waals surface area contributed by atoms with Crippen molar-refractivity contribution in [2.24, 2.45) is 0 Å². The highest BCUT2D eigenvalue weighted by atomic mass is 16.6. The standard InChI is InChI=1S/C10H19NO2/c1-8-4-5-12-10(11-8)6-9(2,3)13-7-10/h8,11H,4-7H2,1-3H3. The molecule has 2 aliphatic heterocycles. The second kappa shape index (κ2) is 2.94. The Balaban J connectivity index is 2.05. The molecule has 2 saturated heterocycles. The van der Waals surface area contributed by atoms with E-state index in [1.807, 2.05) is 0 Å². The minimum atomic E-state index is -0.193. The fourth-order valence-electron chi connectivity index (χ4n) is 2.28. The quantitative estimate of drug-likeness (QED) is 0.616. The van der Waals surface area contributed by atoms with Crippen LogP contribution in [-0.4, -0.2) is 30.6 Å². The molecule has 1 spiro atoms. The summed E-state index contributed by atoms with van der Waals surface area (Å²) in [6.07, 6.45) is 2.05. The van der Waals surface area contributed by atoms with Crippen molar-refractivity contribution in [1.29, 1.82) is 0 Å². The molecule has 1 N–H and O–H groups in total. The average Bonchev–Trinajstić information content (AvgIpc) is 2.26. The summed E-state index contributed by atoms with van der Waals surface area (Å²) in [5.74, 6) is 0. The molecule has 2 atom stereocenters. The fraction of sp³-hybridized carbons (Fsp3) is 1.00. The Morgan fingerprint density at radius 1 is 1.31 bits per heavy atom. The van der Waals surface area contributed by atoms with Gasteiger partial charge < -0.3 is 9.47 Å². The summed E-state index contributed by atoms with van der Waals surface area (Å²) >= 11 is 0. The van der Waals surface area contributed by atoms with Gasteiger partial charge in [-0.3, -0.25) is 5.32 Å². The summed E-state index contributed by atoms with van der Waals surface area (Å²) in [6.45, 7) is 7.98. The first-order valence-electron chi connectivity index (χ1n) is 5.07. The van der Waals surface area contributed by atoms with E-state index in [1.54, 1.807) is 0 Å². The minimum absolute atomic E-state index is 0.0376. The van der Waals surface area contributed by atoms with Crippen LogP contribution in [0.4, 0.5) is 0 Å². The molecule has 3 nitrogen and oxygen atoms in total. The van der Waals surface area contributed by atoms with E-state index < -0.39 is 0 Å². The molecule has 3 heteroatoms. The van der Waals surface area contributed by atoms with Crippen LogP contribution in [0.2, 0.25) is 0 Å². The molecule has 2 unspecified atom stereocenters. The van der Waals surface area contributed by atoms with E-state index >= 15 is 0 Å². The summed E-state index contributed by atoms with van der Waals surface area (Å²) in [7, 11) is 0. The molecule has 0 aromatic heterocycles. The maximum absolute atomic E-state index is 5.80. The monoisotopic (exact) mass is 185 g/mol. The number of nitrogens with one attached hydrogen (secondary N) is 1. The van der Waals surface area contributed by atoms with Crippen LogP contribution in [0.3, 0.4) is 0 Å². The average molecular weight is 185 g/mol. The van der Waals surface area contributed by atoms with Gasteiger partial charge in [0.1, 0.15) is 5.72 Å². The number of hydrogen-bond acceptors (Lipinski definition) is 3. The van der Waals surface area contributed by atoms with Crippen molar-refractivity contribution in [2.75, 3.05) is 13.2 Å². The van der Waals surface area contributed by atoms with Crippen molar-refractivity contribution in [3.63, 3.8) is 0 Å². The molecular formula is C10H19NO2. The molecule has 2 aliphatic rings. The van der Waals surface area contributed by atoms with E-state index in [2.05, 4.69) is 26.1 Å². The Hall–Kier alpha value is -0.120. The summed E-state index contributed by atoms with van der Waals surface area (Å²) in [4.78, 5) is 0. The van der Waals surface area contributed by atoms with Crippen LogP contribution < -0.4 is 5.32 Å². The molecule has 0 amide bonds. The normalized spacial score (nSPS) is 44.1. The van der Waals surface area contributed by atoms with Crippen molar-refractivity contribution in [3.05, 3.63) is 0 Å². The van der Waals surface area contributed by atoms with E-state index in [9.17, 15) is 0 Å². The van der Waals surface area contributed by atoms with E-state index in [0.717, 1.165) is 19.4 Å². The molecular weight excluding hydrogens is 166 g/mol. The van der Waals surface area contributed by atoms with Gasteiger partial charge in [-0.15, -0.1) is 0 Å². The second-order valence-corrected chi connectivity index (χ2v) is 4.90. The van der Waals surface area contributed by atoms with Gasteiger partial charge in [0, 0.05) is 12.5 Å². The first-order valence-corrected chi connectivity index (χ1v) is 5.07. The van der Waals surface area contributed by atoms with Crippen LogP contribution in [0.1, 0.15) is 33.6 Å². The van der Waals surface area contributed by atoms with Crippen LogP contribution in [0, 0.1) is 0 Å². The zero-order valence-corrected chi connectivity index (χ0v) is 8.72. The van der Waals surface area contributed by atoms with Gasteiger partial charge in [-0.1, -0.05) is 0 Å². The summed E-state index contributed by atoms with van der Waals surface area (Å²) in [5, 5.41) is 3.50. The van der Waals surface area contributed by atoms with Gasteiger partial charge >= 0.3 is 0 Å². The van der Waals surface area contributed by atoms with E-state index in [0.29, 0.717) is 12.6 Å². The number of hydrogen-bond donors (Lipinski definition) is 1. The van der Waals surface area contributed by atoms with Gasteiger partial charge in [0.25, 0.3) is 0 Å². The lowest BCUT2D eigenvalue weighted by atomic mass is 9.98. The molecule has 13 heavy (non-hydrogen) atoms. The highest BCUT2D eigenvalue weighted by Crippen LogP contribution is 2.35. The molecule has 0 saturated carbocycles. The Morgan fingerprint density at radius 3 is 2.62 bits per heavy atom. The predicted molar refractivity (Wildman–Crippen MR) is 50.5 cm³/mol. The Labute approximate surface area is 79.8 Å². The Bertz CT molecular complexity index is 205. The molecule has 0 aromatic rings. The predicted octanol–water partition coefficient (Wildman–Crippen LogP) is 1.28. The third kappa shape index (κ3) is 1.87. The molecule has 2 heterocycles. The number of ether oxygens (including phenoxy) is 2. The van der Waals surface area contributed by atoms with Gasteiger partial charge in [0.15, 0.2) is 0 Å². The second-order valence-electron chi connectivity index (χ2n) is 4.90. The van der Waals surface area contributed by atoms with Crippen molar-refractivity contribution in [2.45, 2.75) is 51.0 Å². The SMILES string of the molecule is CC1CCOC2(COC(C)(C)C2)N1. The Morgan fingerprint density at radius 2 is 2.08 bits per heavy atom.